The van der Waals surface area contributed by atoms with E-state index in [9.17, 15) is 14.9 Å². The summed E-state index contributed by atoms with van der Waals surface area (Å²) in [7, 11) is 1.40. The van der Waals surface area contributed by atoms with Crippen molar-refractivity contribution >= 4 is 17.7 Å². The number of ether oxygens (including phenoxy) is 2. The molecule has 0 aliphatic carbocycles. The lowest BCUT2D eigenvalue weighted by molar-refractivity contribution is -0.385. The van der Waals surface area contributed by atoms with E-state index < -0.39 is 10.9 Å². The zero-order valence-corrected chi connectivity index (χ0v) is 12.7. The average Bonchev–Trinajstić information content (AvgIpc) is 2.53. The highest BCUT2D eigenvalue weighted by molar-refractivity contribution is 5.89. The molecule has 0 saturated heterocycles. The molecule has 6 nitrogen and oxygen atoms in total. The number of hydrogen-bond acceptors (Lipinski definition) is 5. The van der Waals surface area contributed by atoms with E-state index in [2.05, 4.69) is 0 Å². The number of methoxy groups -OCH3 is 1. The summed E-state index contributed by atoms with van der Waals surface area (Å²) in [6.07, 6.45) is 2.81. The topological polar surface area (TPSA) is 78.7 Å². The minimum Gasteiger partial charge on any atom is -0.496 e. The SMILES string of the molecule is COc1ccc(OC(=O)/C=C/c2cccc(C)c2)c([N+](=O)[O-])c1. The quantitative estimate of drug-likeness (QED) is 0.277. The Morgan fingerprint density at radius 3 is 2.65 bits per heavy atom. The second-order valence-corrected chi connectivity index (χ2v) is 4.76. The molecule has 0 atom stereocenters. The third-order valence-corrected chi connectivity index (χ3v) is 3.03. The number of nitrogens with zero attached hydrogens (tertiary/aromatic N) is 1. The number of esters is 1. The van der Waals surface area contributed by atoms with Crippen LogP contribution in [0.5, 0.6) is 11.5 Å². The second-order valence-electron chi connectivity index (χ2n) is 4.76. The highest BCUT2D eigenvalue weighted by atomic mass is 16.6. The summed E-state index contributed by atoms with van der Waals surface area (Å²) < 4.78 is 9.96. The number of rotatable bonds is 5. The molecule has 0 N–H and O–H groups in total. The van der Waals surface area contributed by atoms with Gasteiger partial charge in [0.25, 0.3) is 0 Å². The van der Waals surface area contributed by atoms with Crippen molar-refractivity contribution in [2.75, 3.05) is 7.11 Å². The highest BCUT2D eigenvalue weighted by Gasteiger charge is 2.18. The van der Waals surface area contributed by atoms with Gasteiger partial charge in [0.2, 0.25) is 5.75 Å². The van der Waals surface area contributed by atoms with E-state index in [-0.39, 0.29) is 11.4 Å². The first-order chi connectivity index (χ1) is 11.0. The molecule has 0 aromatic heterocycles. The van der Waals surface area contributed by atoms with E-state index in [4.69, 9.17) is 9.47 Å². The predicted molar refractivity (Wildman–Crippen MR) is 85.5 cm³/mol. The zero-order chi connectivity index (χ0) is 16.8. The number of carbonyl (C=O) groups is 1. The maximum absolute atomic E-state index is 11.8. The van der Waals surface area contributed by atoms with E-state index in [0.717, 1.165) is 11.1 Å². The Labute approximate surface area is 133 Å². The fourth-order valence-corrected chi connectivity index (χ4v) is 1.93. The van der Waals surface area contributed by atoms with Gasteiger partial charge in [-0.2, -0.15) is 0 Å². The van der Waals surface area contributed by atoms with Gasteiger partial charge in [0, 0.05) is 6.08 Å². The van der Waals surface area contributed by atoms with Gasteiger partial charge < -0.3 is 9.47 Å². The van der Waals surface area contributed by atoms with Crippen LogP contribution in [0.4, 0.5) is 5.69 Å². The second kappa shape index (κ2) is 7.22. The lowest BCUT2D eigenvalue weighted by Crippen LogP contribution is -2.06. The standard InChI is InChI=1S/C17H15NO5/c1-12-4-3-5-13(10-12)6-9-17(19)23-16-8-7-14(22-2)11-15(16)18(20)21/h3-11H,1-2H3/b9-6+. The van der Waals surface area contributed by atoms with Crippen LogP contribution in [0.2, 0.25) is 0 Å². The van der Waals surface area contributed by atoms with Crippen molar-refractivity contribution in [3.05, 3.63) is 69.8 Å². The van der Waals surface area contributed by atoms with Gasteiger partial charge in [-0.25, -0.2) is 4.79 Å². The summed E-state index contributed by atoms with van der Waals surface area (Å²) in [5.41, 5.74) is 1.57. The molecular formula is C17H15NO5. The lowest BCUT2D eigenvalue weighted by Gasteiger charge is -2.05. The van der Waals surface area contributed by atoms with Crippen molar-refractivity contribution in [2.45, 2.75) is 6.92 Å². The van der Waals surface area contributed by atoms with Crippen LogP contribution in [0, 0.1) is 17.0 Å². The van der Waals surface area contributed by atoms with Crippen LogP contribution >= 0.6 is 0 Å². The average molecular weight is 313 g/mol. The molecule has 0 fully saturated rings. The first-order valence-corrected chi connectivity index (χ1v) is 6.78. The molecule has 0 radical (unpaired) electrons. The van der Waals surface area contributed by atoms with Gasteiger partial charge in [-0.05, 0) is 30.7 Å². The van der Waals surface area contributed by atoms with E-state index >= 15 is 0 Å². The molecule has 2 aromatic rings. The normalized spacial score (nSPS) is 10.5. The lowest BCUT2D eigenvalue weighted by atomic mass is 10.1. The number of nitro benzene ring substituents is 1. The summed E-state index contributed by atoms with van der Waals surface area (Å²) >= 11 is 0. The van der Waals surface area contributed by atoms with Crippen LogP contribution in [0.15, 0.2) is 48.5 Å². The first-order valence-electron chi connectivity index (χ1n) is 6.78. The van der Waals surface area contributed by atoms with Crippen molar-refractivity contribution in [3.8, 4) is 11.5 Å². The summed E-state index contributed by atoms with van der Waals surface area (Å²) in [6.45, 7) is 1.94. The van der Waals surface area contributed by atoms with Crippen LogP contribution in [0.1, 0.15) is 11.1 Å². The molecule has 0 saturated carbocycles. The summed E-state index contributed by atoms with van der Waals surface area (Å²) in [5.74, 6) is -0.513. The van der Waals surface area contributed by atoms with E-state index in [1.54, 1.807) is 6.08 Å². The van der Waals surface area contributed by atoms with Crippen molar-refractivity contribution in [3.63, 3.8) is 0 Å². The van der Waals surface area contributed by atoms with E-state index in [1.807, 2.05) is 31.2 Å². The summed E-state index contributed by atoms with van der Waals surface area (Å²) in [6, 6.07) is 11.6. The van der Waals surface area contributed by atoms with Gasteiger partial charge >= 0.3 is 11.7 Å². The van der Waals surface area contributed by atoms with Gasteiger partial charge in [-0.15, -0.1) is 0 Å². The Kier molecular flexibility index (Phi) is 5.09. The Morgan fingerprint density at radius 2 is 2.00 bits per heavy atom. The molecule has 0 unspecified atom stereocenters. The molecule has 0 bridgehead atoms. The molecule has 118 valence electrons. The number of carbonyl (C=O) groups excluding carboxylic acids is 1. The number of aryl methyl sites for hydroxylation is 1. The molecular weight excluding hydrogens is 298 g/mol. The number of nitro groups is 1. The summed E-state index contributed by atoms with van der Waals surface area (Å²) in [5, 5.41) is 11.0. The Bertz CT molecular complexity index is 767. The van der Waals surface area contributed by atoms with E-state index in [1.165, 1.54) is 31.4 Å². The van der Waals surface area contributed by atoms with Crippen molar-refractivity contribution in [1.82, 2.24) is 0 Å². The molecule has 2 aromatic carbocycles. The minimum atomic E-state index is -0.695. The molecule has 6 heteroatoms. The van der Waals surface area contributed by atoms with Crippen LogP contribution < -0.4 is 9.47 Å². The van der Waals surface area contributed by atoms with Gasteiger partial charge in [0.15, 0.2) is 0 Å². The van der Waals surface area contributed by atoms with Gasteiger partial charge in [0.1, 0.15) is 5.75 Å². The van der Waals surface area contributed by atoms with E-state index in [0.29, 0.717) is 5.75 Å². The third kappa shape index (κ3) is 4.41. The first kappa shape index (κ1) is 16.2. The Balaban J connectivity index is 2.15. The number of hydrogen-bond donors (Lipinski definition) is 0. The fraction of sp³-hybridized carbons (Fsp3) is 0.118. The van der Waals surface area contributed by atoms with Crippen molar-refractivity contribution < 1.29 is 19.2 Å². The van der Waals surface area contributed by atoms with Crippen LogP contribution in [0.3, 0.4) is 0 Å². The van der Waals surface area contributed by atoms with Crippen molar-refractivity contribution in [1.29, 1.82) is 0 Å². The summed E-state index contributed by atoms with van der Waals surface area (Å²) in [4.78, 5) is 22.2. The molecule has 0 amide bonds. The molecule has 0 aliphatic rings. The zero-order valence-electron chi connectivity index (χ0n) is 12.7. The van der Waals surface area contributed by atoms with Gasteiger partial charge in [-0.3, -0.25) is 10.1 Å². The maximum atomic E-state index is 11.8. The Morgan fingerprint density at radius 1 is 1.22 bits per heavy atom. The largest absolute Gasteiger partial charge is 0.496 e. The van der Waals surface area contributed by atoms with Gasteiger partial charge in [0.05, 0.1) is 18.1 Å². The van der Waals surface area contributed by atoms with Crippen LogP contribution in [-0.4, -0.2) is 18.0 Å². The molecule has 2 rings (SSSR count). The minimum absolute atomic E-state index is 0.130. The molecule has 0 heterocycles. The number of benzene rings is 2. The smallest absolute Gasteiger partial charge is 0.336 e. The van der Waals surface area contributed by atoms with Gasteiger partial charge in [-0.1, -0.05) is 29.8 Å². The third-order valence-electron chi connectivity index (χ3n) is 3.03. The molecule has 0 aliphatic heterocycles. The molecule has 23 heavy (non-hydrogen) atoms. The van der Waals surface area contributed by atoms with Crippen molar-refractivity contribution in [2.24, 2.45) is 0 Å². The highest BCUT2D eigenvalue weighted by Crippen LogP contribution is 2.31. The molecule has 0 spiro atoms. The fourth-order valence-electron chi connectivity index (χ4n) is 1.93. The monoisotopic (exact) mass is 313 g/mol. The van der Waals surface area contributed by atoms with Crippen LogP contribution in [-0.2, 0) is 4.79 Å². The predicted octanol–water partition coefficient (Wildman–Crippen LogP) is 3.53. The Hall–Kier alpha value is -3.15. The van der Waals surface area contributed by atoms with Crippen LogP contribution in [0.25, 0.3) is 6.08 Å². The maximum Gasteiger partial charge on any atom is 0.336 e.